The van der Waals surface area contributed by atoms with Crippen molar-refractivity contribution in [3.8, 4) is 0 Å². The maximum Gasteiger partial charge on any atom is 0.410 e. The van der Waals surface area contributed by atoms with Crippen molar-refractivity contribution in [1.29, 1.82) is 0 Å². The van der Waals surface area contributed by atoms with Crippen molar-refractivity contribution in [1.82, 2.24) is 20.2 Å². The number of aromatic amines is 1. The minimum absolute atomic E-state index is 0.160. The van der Waals surface area contributed by atoms with Crippen molar-refractivity contribution in [2.24, 2.45) is 0 Å². The summed E-state index contributed by atoms with van der Waals surface area (Å²) in [4.78, 5) is 34.5. The zero-order valence-corrected chi connectivity index (χ0v) is 17.4. The van der Waals surface area contributed by atoms with Gasteiger partial charge in [0, 0.05) is 43.0 Å². The zero-order chi connectivity index (χ0) is 20.8. The van der Waals surface area contributed by atoms with Gasteiger partial charge in [-0.15, -0.1) is 0 Å². The molecule has 0 radical (unpaired) electrons. The minimum Gasteiger partial charge on any atom is -0.444 e. The summed E-state index contributed by atoms with van der Waals surface area (Å²) in [7, 11) is 1.62. The fourth-order valence-electron chi connectivity index (χ4n) is 4.58. The summed E-state index contributed by atoms with van der Waals surface area (Å²) in [5, 5.41) is 7.19. The molecule has 2 fully saturated rings. The number of fused-ring (bicyclic) bond motifs is 3. The Morgan fingerprint density at radius 1 is 1.24 bits per heavy atom. The van der Waals surface area contributed by atoms with E-state index in [-0.39, 0.29) is 30.1 Å². The highest BCUT2D eigenvalue weighted by Crippen LogP contribution is 2.39. The number of ether oxygens (including phenoxy) is 1. The van der Waals surface area contributed by atoms with Gasteiger partial charge in [-0.2, -0.15) is 0 Å². The Bertz CT molecular complexity index is 918. The van der Waals surface area contributed by atoms with Crippen LogP contribution in [0.2, 0.25) is 0 Å². The molecule has 2 bridgehead atoms. The van der Waals surface area contributed by atoms with Crippen molar-refractivity contribution in [2.45, 2.75) is 70.2 Å². The maximum absolute atomic E-state index is 12.7. The van der Waals surface area contributed by atoms with E-state index in [1.54, 1.807) is 13.2 Å². The number of nitrogens with zero attached hydrogens (tertiary/aromatic N) is 2. The molecule has 2 saturated heterocycles. The lowest BCUT2D eigenvalue weighted by atomic mass is 9.96. The Balaban J connectivity index is 1.55. The summed E-state index contributed by atoms with van der Waals surface area (Å²) in [5.41, 5.74) is 1.58. The predicted molar refractivity (Wildman–Crippen MR) is 111 cm³/mol. The molecule has 0 saturated carbocycles. The molecule has 2 atom stereocenters. The number of hydrogen-bond donors (Lipinski definition) is 3. The topological polar surface area (TPSA) is 99.4 Å². The lowest BCUT2D eigenvalue weighted by molar-refractivity contribution is 0.00683. The maximum atomic E-state index is 12.7. The van der Waals surface area contributed by atoms with Gasteiger partial charge in [0.2, 0.25) is 0 Å². The molecule has 2 aromatic rings. The first-order valence-electron chi connectivity index (χ1n) is 10.2. The molecule has 4 heterocycles. The number of nitrogens with one attached hydrogen (secondary N) is 3. The number of carbonyl (C=O) groups is 2. The first-order chi connectivity index (χ1) is 13.8. The Morgan fingerprint density at radius 2 is 1.93 bits per heavy atom. The average Bonchev–Trinajstić information content (AvgIpc) is 3.23. The van der Waals surface area contributed by atoms with Gasteiger partial charge in [0.1, 0.15) is 11.2 Å². The van der Waals surface area contributed by atoms with Crippen molar-refractivity contribution in [2.75, 3.05) is 12.4 Å². The predicted octanol–water partition coefficient (Wildman–Crippen LogP) is 3.26. The normalized spacial score (nSPS) is 23.9. The van der Waals surface area contributed by atoms with Gasteiger partial charge in [0.05, 0.1) is 11.3 Å². The highest BCUT2D eigenvalue weighted by Gasteiger charge is 2.45. The average molecular weight is 399 g/mol. The monoisotopic (exact) mass is 399 g/mol. The summed E-state index contributed by atoms with van der Waals surface area (Å²) < 4.78 is 5.63. The number of anilines is 1. The van der Waals surface area contributed by atoms with E-state index in [4.69, 9.17) is 4.74 Å². The van der Waals surface area contributed by atoms with Gasteiger partial charge in [0.25, 0.3) is 5.91 Å². The van der Waals surface area contributed by atoms with Crippen LogP contribution in [0.3, 0.4) is 0 Å². The summed E-state index contributed by atoms with van der Waals surface area (Å²) >= 11 is 0. The van der Waals surface area contributed by atoms with Gasteiger partial charge >= 0.3 is 6.09 Å². The van der Waals surface area contributed by atoms with E-state index < -0.39 is 5.60 Å². The molecule has 8 nitrogen and oxygen atoms in total. The van der Waals surface area contributed by atoms with Gasteiger partial charge in [0.15, 0.2) is 0 Å². The molecule has 0 aliphatic carbocycles. The standard InChI is InChI=1S/C21H29N5O3/c1-21(2,3)29-20(28)26-13-5-6-14(26)10-12(9-13)25-17-15-7-8-23-18(15)24-11-16(17)19(27)22-4/h7-8,11-14H,5-6,9-10H2,1-4H3,(H,22,27)(H2,23,24,25). The number of carbonyl (C=O) groups excluding carboxylic acids is 2. The third kappa shape index (κ3) is 3.75. The van der Waals surface area contributed by atoms with Crippen LogP contribution in [-0.2, 0) is 4.74 Å². The second-order valence-corrected chi connectivity index (χ2v) is 8.95. The second kappa shape index (κ2) is 7.24. The van der Waals surface area contributed by atoms with E-state index >= 15 is 0 Å². The smallest absolute Gasteiger partial charge is 0.410 e. The molecule has 29 heavy (non-hydrogen) atoms. The summed E-state index contributed by atoms with van der Waals surface area (Å²) in [5.74, 6) is -0.169. The SMILES string of the molecule is CNC(=O)c1cnc2[nH]ccc2c1NC1CC2CCC(C1)N2C(=O)OC(C)(C)C. The number of piperidine rings is 1. The van der Waals surface area contributed by atoms with Gasteiger partial charge in [-0.3, -0.25) is 4.79 Å². The number of pyridine rings is 1. The Morgan fingerprint density at radius 3 is 2.55 bits per heavy atom. The van der Waals surface area contributed by atoms with Crippen LogP contribution in [0.4, 0.5) is 10.5 Å². The van der Waals surface area contributed by atoms with Crippen molar-refractivity contribution in [3.63, 3.8) is 0 Å². The number of rotatable bonds is 3. The van der Waals surface area contributed by atoms with E-state index in [0.29, 0.717) is 5.56 Å². The molecule has 2 amide bonds. The van der Waals surface area contributed by atoms with Crippen molar-refractivity contribution >= 4 is 28.7 Å². The van der Waals surface area contributed by atoms with Crippen LogP contribution in [0.1, 0.15) is 56.8 Å². The van der Waals surface area contributed by atoms with Crippen LogP contribution >= 0.6 is 0 Å². The Labute approximate surface area is 170 Å². The Kier molecular flexibility index (Phi) is 4.88. The molecule has 8 heteroatoms. The molecule has 2 unspecified atom stereocenters. The lowest BCUT2D eigenvalue weighted by Gasteiger charge is -2.40. The third-order valence-corrected chi connectivity index (χ3v) is 5.74. The van der Waals surface area contributed by atoms with E-state index in [1.165, 1.54) is 0 Å². The quantitative estimate of drug-likeness (QED) is 0.736. The summed E-state index contributed by atoms with van der Waals surface area (Å²) in [6, 6.07) is 2.43. The molecule has 156 valence electrons. The lowest BCUT2D eigenvalue weighted by Crippen LogP contribution is -2.51. The second-order valence-electron chi connectivity index (χ2n) is 8.95. The molecular formula is C21H29N5O3. The number of amides is 2. The van der Waals surface area contributed by atoms with E-state index in [2.05, 4.69) is 20.6 Å². The van der Waals surface area contributed by atoms with Gasteiger partial charge < -0.3 is 25.3 Å². The van der Waals surface area contributed by atoms with Crippen molar-refractivity contribution in [3.05, 3.63) is 24.0 Å². The number of hydrogen-bond acceptors (Lipinski definition) is 5. The van der Waals surface area contributed by atoms with Crippen LogP contribution in [0.15, 0.2) is 18.5 Å². The molecule has 2 aliphatic heterocycles. The molecule has 2 aliphatic rings. The number of aromatic nitrogens is 2. The number of H-pyrrole nitrogens is 1. The van der Waals surface area contributed by atoms with Crippen molar-refractivity contribution < 1.29 is 14.3 Å². The Hall–Kier alpha value is -2.77. The largest absolute Gasteiger partial charge is 0.444 e. The van der Waals surface area contributed by atoms with E-state index in [1.807, 2.05) is 37.9 Å². The minimum atomic E-state index is -0.495. The first-order valence-corrected chi connectivity index (χ1v) is 10.2. The van der Waals surface area contributed by atoms with E-state index in [0.717, 1.165) is 42.4 Å². The zero-order valence-electron chi connectivity index (χ0n) is 17.4. The fourth-order valence-corrected chi connectivity index (χ4v) is 4.58. The molecule has 0 spiro atoms. The van der Waals surface area contributed by atoms with Crippen LogP contribution in [0.25, 0.3) is 11.0 Å². The summed E-state index contributed by atoms with van der Waals surface area (Å²) in [6.07, 6.45) is 6.84. The first kappa shape index (κ1) is 19.5. The molecule has 3 N–H and O–H groups in total. The van der Waals surface area contributed by atoms with Gasteiger partial charge in [-0.05, 0) is 52.5 Å². The van der Waals surface area contributed by atoms with Crippen LogP contribution in [-0.4, -0.2) is 57.6 Å². The molecule has 0 aromatic carbocycles. The molecule has 4 rings (SSSR count). The third-order valence-electron chi connectivity index (χ3n) is 5.74. The van der Waals surface area contributed by atoms with Gasteiger partial charge in [-0.25, -0.2) is 9.78 Å². The summed E-state index contributed by atoms with van der Waals surface area (Å²) in [6.45, 7) is 5.69. The highest BCUT2D eigenvalue weighted by atomic mass is 16.6. The molecular weight excluding hydrogens is 370 g/mol. The fraction of sp³-hybridized carbons (Fsp3) is 0.571. The van der Waals surface area contributed by atoms with Gasteiger partial charge in [-0.1, -0.05) is 0 Å². The van der Waals surface area contributed by atoms with E-state index in [9.17, 15) is 9.59 Å². The molecule has 2 aromatic heterocycles. The highest BCUT2D eigenvalue weighted by molar-refractivity contribution is 6.06. The van der Waals surface area contributed by atoms with Crippen LogP contribution in [0, 0.1) is 0 Å². The van der Waals surface area contributed by atoms with Crippen LogP contribution < -0.4 is 10.6 Å². The van der Waals surface area contributed by atoms with Crippen LogP contribution in [0.5, 0.6) is 0 Å².